The van der Waals surface area contributed by atoms with Gasteiger partial charge in [0.2, 0.25) is 15.9 Å². The van der Waals surface area contributed by atoms with Crippen molar-refractivity contribution in [3.8, 4) is 5.75 Å². The molecule has 37 heavy (non-hydrogen) atoms. The summed E-state index contributed by atoms with van der Waals surface area (Å²) in [5, 5.41) is 9.76. The number of pyridine rings is 1. The minimum atomic E-state index is -4.19. The molecule has 1 aliphatic rings. The molecule has 2 aromatic carbocycles. The van der Waals surface area contributed by atoms with Crippen molar-refractivity contribution in [2.45, 2.75) is 37.8 Å². The van der Waals surface area contributed by atoms with Crippen LogP contribution in [0.15, 0.2) is 53.4 Å². The zero-order valence-corrected chi connectivity index (χ0v) is 21.3. The largest absolute Gasteiger partial charge is 0.489 e. The third-order valence-electron chi connectivity index (χ3n) is 6.13. The lowest BCUT2D eigenvalue weighted by atomic mass is 9.89. The Kier molecular flexibility index (Phi) is 7.18. The van der Waals surface area contributed by atoms with Crippen molar-refractivity contribution in [1.29, 1.82) is 0 Å². The van der Waals surface area contributed by atoms with Crippen molar-refractivity contribution in [1.82, 2.24) is 20.1 Å². The molecule has 0 bridgehead atoms. The minimum absolute atomic E-state index is 0.104. The van der Waals surface area contributed by atoms with E-state index in [0.717, 1.165) is 5.56 Å². The van der Waals surface area contributed by atoms with E-state index in [-0.39, 0.29) is 41.9 Å². The first-order valence-electron chi connectivity index (χ1n) is 11.5. The van der Waals surface area contributed by atoms with Gasteiger partial charge in [0.25, 0.3) is 5.91 Å². The highest BCUT2D eigenvalue weighted by Crippen LogP contribution is 2.27. The Morgan fingerprint density at radius 3 is 2.49 bits per heavy atom. The molecule has 0 aliphatic carbocycles. The van der Waals surface area contributed by atoms with Crippen molar-refractivity contribution in [3.63, 3.8) is 0 Å². The fraction of sp³-hybridized carbons (Fsp3) is 0.320. The third-order valence-corrected chi connectivity index (χ3v) is 7.68. The molecular formula is C25H27FN4O6S. The number of ether oxygens (including phenoxy) is 1. The van der Waals surface area contributed by atoms with Gasteiger partial charge in [0.1, 0.15) is 29.2 Å². The lowest BCUT2D eigenvalue weighted by Gasteiger charge is -2.48. The molecule has 1 aromatic heterocycles. The summed E-state index contributed by atoms with van der Waals surface area (Å²) >= 11 is 0. The van der Waals surface area contributed by atoms with Crippen LogP contribution in [0, 0.1) is 18.7 Å². The number of hydrogen-bond donors (Lipinski definition) is 3. The lowest BCUT2D eigenvalue weighted by Crippen LogP contribution is -2.77. The van der Waals surface area contributed by atoms with Crippen LogP contribution in [0.2, 0.25) is 0 Å². The second kappa shape index (κ2) is 10.0. The van der Waals surface area contributed by atoms with Gasteiger partial charge >= 0.3 is 0 Å². The summed E-state index contributed by atoms with van der Waals surface area (Å²) in [5.41, 5.74) is 1.40. The number of sulfonamides is 1. The summed E-state index contributed by atoms with van der Waals surface area (Å²) in [6.07, 6.45) is 0. The number of fused-ring (bicyclic) bond motifs is 1. The number of carbonyl (C=O) groups is 2. The fourth-order valence-electron chi connectivity index (χ4n) is 4.23. The number of halogens is 1. The topological polar surface area (TPSA) is 138 Å². The summed E-state index contributed by atoms with van der Waals surface area (Å²) in [6.45, 7) is 4.82. The molecular weight excluding hydrogens is 503 g/mol. The molecule has 1 saturated heterocycles. The lowest BCUT2D eigenvalue weighted by molar-refractivity contribution is -0.152. The van der Waals surface area contributed by atoms with Crippen molar-refractivity contribution >= 4 is 32.7 Å². The Balaban J connectivity index is 1.48. The molecule has 0 atom stereocenters. The number of benzene rings is 2. The van der Waals surface area contributed by atoms with Gasteiger partial charge in [0, 0.05) is 22.6 Å². The van der Waals surface area contributed by atoms with Gasteiger partial charge in [-0.3, -0.25) is 19.8 Å². The van der Waals surface area contributed by atoms with E-state index in [4.69, 9.17) is 9.94 Å². The van der Waals surface area contributed by atoms with Gasteiger partial charge in [0.15, 0.2) is 0 Å². The van der Waals surface area contributed by atoms with Crippen LogP contribution in [0.25, 0.3) is 10.9 Å². The first kappa shape index (κ1) is 26.5. The molecule has 0 saturated carbocycles. The smallest absolute Gasteiger partial charge is 0.268 e. The second-order valence-electron chi connectivity index (χ2n) is 9.30. The number of para-hydroxylation sites is 1. The van der Waals surface area contributed by atoms with Gasteiger partial charge in [-0.1, -0.05) is 26.0 Å². The van der Waals surface area contributed by atoms with E-state index in [2.05, 4.69) is 9.71 Å². The predicted octanol–water partition coefficient (Wildman–Crippen LogP) is 2.28. The number of hydroxylamine groups is 1. The Hall–Kier alpha value is -3.61. The summed E-state index contributed by atoms with van der Waals surface area (Å²) in [6, 6.07) is 12.0. The van der Waals surface area contributed by atoms with Crippen molar-refractivity contribution in [2.75, 3.05) is 13.1 Å². The van der Waals surface area contributed by atoms with Crippen molar-refractivity contribution in [2.24, 2.45) is 5.92 Å². The average Bonchev–Trinajstić information content (AvgIpc) is 2.84. The van der Waals surface area contributed by atoms with Crippen LogP contribution < -0.4 is 14.9 Å². The monoisotopic (exact) mass is 530 g/mol. The van der Waals surface area contributed by atoms with Crippen molar-refractivity contribution < 1.29 is 32.3 Å². The molecule has 0 spiro atoms. The summed E-state index contributed by atoms with van der Waals surface area (Å²) in [7, 11) is -4.19. The Morgan fingerprint density at radius 1 is 1.19 bits per heavy atom. The molecule has 3 N–H and O–H groups in total. The number of amides is 2. The summed E-state index contributed by atoms with van der Waals surface area (Å²) in [5.74, 6) is -1.58. The van der Waals surface area contributed by atoms with E-state index in [1.54, 1.807) is 39.0 Å². The van der Waals surface area contributed by atoms with Gasteiger partial charge in [-0.25, -0.2) is 18.3 Å². The SMILES string of the molecule is Cc1cc(COc2ccc(S(=O)(=O)NC3(C(=O)NO)CN(C(=O)C(C)C)C3)cc2)c2cccc(F)c2n1. The maximum Gasteiger partial charge on any atom is 0.268 e. The molecule has 3 aromatic rings. The van der Waals surface area contributed by atoms with E-state index >= 15 is 0 Å². The van der Waals surface area contributed by atoms with Crippen LogP contribution in [0.3, 0.4) is 0 Å². The zero-order chi connectivity index (χ0) is 27.0. The summed E-state index contributed by atoms with van der Waals surface area (Å²) < 4.78 is 48.3. The van der Waals surface area contributed by atoms with Crippen LogP contribution >= 0.6 is 0 Å². The molecule has 1 fully saturated rings. The van der Waals surface area contributed by atoms with Crippen LogP contribution in [0.4, 0.5) is 4.39 Å². The number of likely N-dealkylation sites (tertiary alicyclic amines) is 1. The highest BCUT2D eigenvalue weighted by molar-refractivity contribution is 7.89. The van der Waals surface area contributed by atoms with E-state index < -0.39 is 27.3 Å². The minimum Gasteiger partial charge on any atom is -0.489 e. The van der Waals surface area contributed by atoms with Crippen LogP contribution in [0.5, 0.6) is 5.75 Å². The number of aromatic nitrogens is 1. The van der Waals surface area contributed by atoms with Gasteiger partial charge < -0.3 is 9.64 Å². The molecule has 0 unspecified atom stereocenters. The first-order valence-corrected chi connectivity index (χ1v) is 13.0. The second-order valence-corrected chi connectivity index (χ2v) is 11.0. The van der Waals surface area contributed by atoms with Crippen molar-refractivity contribution in [3.05, 3.63) is 65.6 Å². The molecule has 4 rings (SSSR count). The van der Waals surface area contributed by atoms with Crippen LogP contribution in [-0.2, 0) is 26.2 Å². The van der Waals surface area contributed by atoms with Gasteiger partial charge in [-0.15, -0.1) is 0 Å². The third kappa shape index (κ3) is 5.26. The zero-order valence-electron chi connectivity index (χ0n) is 20.5. The van der Waals surface area contributed by atoms with E-state index in [1.807, 2.05) is 0 Å². The highest BCUT2D eigenvalue weighted by Gasteiger charge is 2.53. The van der Waals surface area contributed by atoms with E-state index in [1.165, 1.54) is 40.7 Å². The number of nitrogens with zero attached hydrogens (tertiary/aromatic N) is 2. The average molecular weight is 531 g/mol. The molecule has 196 valence electrons. The number of hydrogen-bond acceptors (Lipinski definition) is 7. The molecule has 10 nitrogen and oxygen atoms in total. The summed E-state index contributed by atoms with van der Waals surface area (Å²) in [4.78, 5) is 29.9. The molecule has 2 amide bonds. The molecule has 2 heterocycles. The normalized spacial score (nSPS) is 14.9. The number of carbonyl (C=O) groups excluding carboxylic acids is 2. The predicted molar refractivity (Wildman–Crippen MR) is 132 cm³/mol. The first-order chi connectivity index (χ1) is 17.5. The van der Waals surface area contributed by atoms with Gasteiger partial charge in [0.05, 0.1) is 18.0 Å². The molecule has 12 heteroatoms. The van der Waals surface area contributed by atoms with E-state index in [9.17, 15) is 22.4 Å². The molecule has 1 aliphatic heterocycles. The fourth-order valence-corrected chi connectivity index (χ4v) is 5.57. The van der Waals surface area contributed by atoms with Crippen LogP contribution in [0.1, 0.15) is 25.1 Å². The standard InChI is InChI=1S/C25H27FN4O6S/c1-15(2)23(31)30-13-25(14-30,24(32)28-33)29-37(34,35)19-9-7-18(8-10-19)36-12-17-11-16(3)27-22-20(17)5-4-6-21(22)26/h4-11,15,29,33H,12-14H2,1-3H3,(H,28,32). The quantitative estimate of drug-likeness (QED) is 0.300. The highest BCUT2D eigenvalue weighted by atomic mass is 32.2. The van der Waals surface area contributed by atoms with Crippen LogP contribution in [-0.4, -0.2) is 54.0 Å². The Labute approximate surface area is 213 Å². The number of rotatable bonds is 8. The number of nitrogens with one attached hydrogen (secondary N) is 2. The Bertz CT molecular complexity index is 1450. The van der Waals surface area contributed by atoms with Gasteiger partial charge in [-0.2, -0.15) is 4.72 Å². The van der Waals surface area contributed by atoms with Gasteiger partial charge in [-0.05, 0) is 43.3 Å². The maximum absolute atomic E-state index is 14.2. The Morgan fingerprint density at radius 2 is 1.86 bits per heavy atom. The number of aryl methyl sites for hydroxylation is 1. The van der Waals surface area contributed by atoms with E-state index in [0.29, 0.717) is 16.8 Å². The molecule has 0 radical (unpaired) electrons. The maximum atomic E-state index is 14.2.